The highest BCUT2D eigenvalue weighted by atomic mass is 19.1. The van der Waals surface area contributed by atoms with Crippen LogP contribution < -0.4 is 9.64 Å². The molecule has 0 aliphatic carbocycles. The lowest BCUT2D eigenvalue weighted by Crippen LogP contribution is -2.44. The molecule has 0 saturated carbocycles. The van der Waals surface area contributed by atoms with Crippen LogP contribution in [0.2, 0.25) is 0 Å². The largest absolute Gasteiger partial charge is 0.473 e. The van der Waals surface area contributed by atoms with Crippen molar-refractivity contribution in [2.45, 2.75) is 69.9 Å². The summed E-state index contributed by atoms with van der Waals surface area (Å²) in [6, 6.07) is 18.4. The fourth-order valence-corrected chi connectivity index (χ4v) is 7.01. The number of aromatic nitrogens is 3. The van der Waals surface area contributed by atoms with E-state index in [9.17, 15) is 9.18 Å². The molecule has 5 heterocycles. The number of esters is 1. The third-order valence-corrected chi connectivity index (χ3v) is 9.26. The summed E-state index contributed by atoms with van der Waals surface area (Å²) < 4.78 is 33.2. The maximum Gasteiger partial charge on any atom is 0.337 e. The number of rotatable bonds is 9. The van der Waals surface area contributed by atoms with Crippen LogP contribution in [0.5, 0.6) is 5.88 Å². The van der Waals surface area contributed by atoms with Gasteiger partial charge in [-0.3, -0.25) is 0 Å². The second-order valence-corrected chi connectivity index (χ2v) is 12.0. The van der Waals surface area contributed by atoms with E-state index in [0.717, 1.165) is 74.4 Å². The molecule has 0 amide bonds. The summed E-state index contributed by atoms with van der Waals surface area (Å²) in [5.41, 5.74) is 3.01. The van der Waals surface area contributed by atoms with Crippen molar-refractivity contribution in [3.63, 3.8) is 0 Å². The molecule has 7 rings (SSSR count). The third-order valence-electron chi connectivity index (χ3n) is 9.26. The fraction of sp³-hybridized carbons (Fsp3) is 0.412. The number of imidazole rings is 1. The number of benzene rings is 2. The van der Waals surface area contributed by atoms with Crippen molar-refractivity contribution in [3.05, 3.63) is 82.9 Å². The van der Waals surface area contributed by atoms with Gasteiger partial charge in [0, 0.05) is 36.7 Å². The number of ether oxygens (including phenoxy) is 3. The van der Waals surface area contributed by atoms with Gasteiger partial charge in [-0.15, -0.1) is 0 Å². The van der Waals surface area contributed by atoms with Gasteiger partial charge in [0.2, 0.25) is 5.88 Å². The number of hydrogen-bond acceptors (Lipinski definition) is 8. The summed E-state index contributed by atoms with van der Waals surface area (Å²) in [4.78, 5) is 24.5. The summed E-state index contributed by atoms with van der Waals surface area (Å²) in [5.74, 6) is 2.04. The minimum atomic E-state index is -0.460. The summed E-state index contributed by atoms with van der Waals surface area (Å²) in [5, 5.41) is 8.99. The molecule has 3 saturated heterocycles. The molecule has 3 aliphatic rings. The topological polar surface area (TPSA) is 102 Å². The van der Waals surface area contributed by atoms with Gasteiger partial charge in [0.1, 0.15) is 24.1 Å². The Morgan fingerprint density at radius 1 is 1.09 bits per heavy atom. The number of piperidine rings is 1. The van der Waals surface area contributed by atoms with Crippen molar-refractivity contribution in [1.82, 2.24) is 14.5 Å². The van der Waals surface area contributed by atoms with Gasteiger partial charge in [-0.1, -0.05) is 12.1 Å². The van der Waals surface area contributed by atoms with Crippen molar-refractivity contribution in [2.75, 3.05) is 18.6 Å². The molecular weight excluding hydrogens is 561 g/mol. The number of carbonyl (C=O) groups is 1. The first-order chi connectivity index (χ1) is 21.5. The van der Waals surface area contributed by atoms with Gasteiger partial charge in [0.25, 0.3) is 0 Å². The Morgan fingerprint density at radius 2 is 1.91 bits per heavy atom. The van der Waals surface area contributed by atoms with Gasteiger partial charge in [-0.05, 0) is 74.4 Å². The normalized spacial score (nSPS) is 22.4. The third kappa shape index (κ3) is 5.48. The Balaban J connectivity index is 1.06. The Bertz CT molecular complexity index is 1730. The highest BCUT2D eigenvalue weighted by molar-refractivity contribution is 5.93. The maximum atomic E-state index is 14.4. The zero-order valence-corrected chi connectivity index (χ0v) is 24.6. The molecule has 0 radical (unpaired) electrons. The molecule has 3 fully saturated rings. The van der Waals surface area contributed by atoms with Crippen LogP contribution >= 0.6 is 0 Å². The first-order valence-corrected chi connectivity index (χ1v) is 15.2. The highest BCUT2D eigenvalue weighted by Gasteiger charge is 2.42. The number of nitriles is 1. The fourth-order valence-electron chi connectivity index (χ4n) is 7.01. The molecule has 226 valence electrons. The smallest absolute Gasteiger partial charge is 0.337 e. The van der Waals surface area contributed by atoms with Gasteiger partial charge in [0.15, 0.2) is 0 Å². The molecule has 44 heavy (non-hydrogen) atoms. The highest BCUT2D eigenvalue weighted by Crippen LogP contribution is 2.42. The minimum absolute atomic E-state index is 0.0386. The van der Waals surface area contributed by atoms with Gasteiger partial charge >= 0.3 is 5.97 Å². The van der Waals surface area contributed by atoms with E-state index in [2.05, 4.69) is 9.47 Å². The quantitative estimate of drug-likeness (QED) is 0.231. The summed E-state index contributed by atoms with van der Waals surface area (Å²) >= 11 is 0. The summed E-state index contributed by atoms with van der Waals surface area (Å²) in [7, 11) is 1.40. The SMILES string of the molecule is COC(=O)c1ccc2nc(CC3CC4CC[C@H](C3)N4c3cccc(OCc4ccc(C#N)cc4F)n3)n(C[C@@H]3CCO3)c2c1. The van der Waals surface area contributed by atoms with Gasteiger partial charge in [-0.25, -0.2) is 14.2 Å². The molecule has 0 spiro atoms. The van der Waals surface area contributed by atoms with Crippen LogP contribution in [-0.2, 0) is 29.0 Å². The maximum absolute atomic E-state index is 14.4. The number of fused-ring (bicyclic) bond motifs is 3. The molecule has 9 nitrogen and oxygen atoms in total. The van der Waals surface area contributed by atoms with Crippen molar-refractivity contribution in [1.29, 1.82) is 5.26 Å². The molecule has 0 N–H and O–H groups in total. The number of hydrogen-bond donors (Lipinski definition) is 0. The summed E-state index contributed by atoms with van der Waals surface area (Å²) in [6.07, 6.45) is 6.35. The Labute approximate surface area is 255 Å². The van der Waals surface area contributed by atoms with Crippen molar-refractivity contribution >= 4 is 22.8 Å². The predicted molar refractivity (Wildman–Crippen MR) is 161 cm³/mol. The van der Waals surface area contributed by atoms with E-state index in [1.165, 1.54) is 13.2 Å². The van der Waals surface area contributed by atoms with Crippen LogP contribution in [-0.4, -0.2) is 52.4 Å². The van der Waals surface area contributed by atoms with Crippen molar-refractivity contribution in [2.24, 2.45) is 5.92 Å². The molecule has 2 unspecified atom stereocenters. The minimum Gasteiger partial charge on any atom is -0.473 e. The van der Waals surface area contributed by atoms with Crippen LogP contribution in [0.4, 0.5) is 10.2 Å². The molecule has 10 heteroatoms. The number of methoxy groups -OCH3 is 1. The van der Waals surface area contributed by atoms with Crippen LogP contribution in [0.1, 0.15) is 59.4 Å². The summed E-state index contributed by atoms with van der Waals surface area (Å²) in [6.45, 7) is 1.55. The van der Waals surface area contributed by atoms with E-state index in [0.29, 0.717) is 35.0 Å². The van der Waals surface area contributed by atoms with Gasteiger partial charge < -0.3 is 23.7 Å². The van der Waals surface area contributed by atoms with E-state index in [4.69, 9.17) is 29.4 Å². The molecule has 2 aromatic carbocycles. The van der Waals surface area contributed by atoms with Crippen LogP contribution in [0.25, 0.3) is 11.0 Å². The lowest BCUT2D eigenvalue weighted by molar-refractivity contribution is -0.0590. The van der Waals surface area contributed by atoms with Gasteiger partial charge in [-0.2, -0.15) is 10.2 Å². The van der Waals surface area contributed by atoms with E-state index < -0.39 is 5.82 Å². The predicted octanol–water partition coefficient (Wildman–Crippen LogP) is 5.59. The molecular formula is C34H34FN5O4. The van der Waals surface area contributed by atoms with E-state index in [1.807, 2.05) is 30.3 Å². The standard InChI is InChI=1S/C34H34FN5O4/c1-42-34(41)23-7-10-29-30(17-23)39(19-27-11-12-43-27)32(37-29)16-22-13-25-8-9-26(14-22)40(25)31-3-2-4-33(38-31)44-20-24-6-5-21(18-36)15-28(24)35/h2-7,10,15,17,22,25-27H,8-9,11-14,16,19-20H2,1H3/t22?,25-,26?,27+/m1/s1. The monoisotopic (exact) mass is 595 g/mol. The second-order valence-electron chi connectivity index (χ2n) is 12.0. The second kappa shape index (κ2) is 11.9. The Kier molecular flexibility index (Phi) is 7.64. The first-order valence-electron chi connectivity index (χ1n) is 15.2. The number of nitrogens with zero attached hydrogens (tertiary/aromatic N) is 5. The van der Waals surface area contributed by atoms with E-state index in [-0.39, 0.29) is 24.2 Å². The zero-order valence-electron chi connectivity index (χ0n) is 24.6. The van der Waals surface area contributed by atoms with Crippen LogP contribution in [0, 0.1) is 23.1 Å². The van der Waals surface area contributed by atoms with Gasteiger partial charge in [0.05, 0.1) is 48.0 Å². The lowest BCUT2D eigenvalue weighted by Gasteiger charge is -2.40. The zero-order chi connectivity index (χ0) is 30.2. The molecule has 4 aromatic rings. The average molecular weight is 596 g/mol. The van der Waals surface area contributed by atoms with E-state index in [1.54, 1.807) is 24.3 Å². The van der Waals surface area contributed by atoms with Crippen LogP contribution in [0.3, 0.4) is 0 Å². The van der Waals surface area contributed by atoms with Crippen molar-refractivity contribution in [3.8, 4) is 11.9 Å². The van der Waals surface area contributed by atoms with E-state index >= 15 is 0 Å². The Morgan fingerprint density at radius 3 is 2.61 bits per heavy atom. The van der Waals surface area contributed by atoms with Crippen LogP contribution in [0.15, 0.2) is 54.6 Å². The van der Waals surface area contributed by atoms with Crippen molar-refractivity contribution < 1.29 is 23.4 Å². The number of carbonyl (C=O) groups excluding carboxylic acids is 1. The number of halogens is 1. The molecule has 2 aromatic heterocycles. The molecule has 3 aliphatic heterocycles. The molecule has 2 bridgehead atoms. The number of pyridine rings is 1. The first kappa shape index (κ1) is 28.3. The number of anilines is 1. The average Bonchev–Trinajstić information content (AvgIpc) is 3.50. The lowest BCUT2D eigenvalue weighted by atomic mass is 9.88. The molecule has 4 atom stereocenters. The Hall–Kier alpha value is -4.49.